The highest BCUT2D eigenvalue weighted by molar-refractivity contribution is 5.92. The molecule has 1 aromatic rings. The van der Waals surface area contributed by atoms with Gasteiger partial charge in [-0.05, 0) is 37.1 Å². The van der Waals surface area contributed by atoms with Crippen LogP contribution in [0.15, 0.2) is 18.2 Å². The van der Waals surface area contributed by atoms with E-state index >= 15 is 0 Å². The number of anilines is 1. The van der Waals surface area contributed by atoms with Crippen molar-refractivity contribution in [1.82, 2.24) is 4.90 Å². The van der Waals surface area contributed by atoms with E-state index in [0.29, 0.717) is 19.8 Å². The van der Waals surface area contributed by atoms with Gasteiger partial charge in [-0.3, -0.25) is 9.69 Å². The predicted octanol–water partition coefficient (Wildman–Crippen LogP) is 2.08. The van der Waals surface area contributed by atoms with E-state index in [1.54, 1.807) is 0 Å². The number of ether oxygens (including phenoxy) is 2. The SMILES string of the molecule is Cc1ccc(NC(=O)CN2CCC3(CC2)OCCO3)cc1C. The van der Waals surface area contributed by atoms with E-state index in [0.717, 1.165) is 31.6 Å². The van der Waals surface area contributed by atoms with Crippen LogP contribution in [-0.4, -0.2) is 49.4 Å². The molecule has 1 aromatic carbocycles. The molecular formula is C17H24N2O3. The molecule has 0 radical (unpaired) electrons. The van der Waals surface area contributed by atoms with Crippen LogP contribution in [0.25, 0.3) is 0 Å². The molecule has 0 aliphatic carbocycles. The van der Waals surface area contributed by atoms with Crippen molar-refractivity contribution in [3.63, 3.8) is 0 Å². The van der Waals surface area contributed by atoms with Crippen LogP contribution in [0.5, 0.6) is 0 Å². The molecule has 0 bridgehead atoms. The summed E-state index contributed by atoms with van der Waals surface area (Å²) < 4.78 is 11.4. The van der Waals surface area contributed by atoms with E-state index in [-0.39, 0.29) is 11.7 Å². The Morgan fingerprint density at radius 2 is 1.86 bits per heavy atom. The maximum absolute atomic E-state index is 12.2. The van der Waals surface area contributed by atoms with Gasteiger partial charge in [0.15, 0.2) is 5.79 Å². The molecule has 0 saturated carbocycles. The van der Waals surface area contributed by atoms with Crippen LogP contribution in [0.3, 0.4) is 0 Å². The maximum atomic E-state index is 12.2. The first-order chi connectivity index (χ1) is 10.6. The Bertz CT molecular complexity index is 543. The lowest BCUT2D eigenvalue weighted by Gasteiger charge is -2.37. The van der Waals surface area contributed by atoms with Gasteiger partial charge < -0.3 is 14.8 Å². The Morgan fingerprint density at radius 1 is 1.18 bits per heavy atom. The number of rotatable bonds is 3. The second-order valence-electron chi connectivity index (χ2n) is 6.23. The van der Waals surface area contributed by atoms with Gasteiger partial charge in [-0.1, -0.05) is 6.07 Å². The summed E-state index contributed by atoms with van der Waals surface area (Å²) in [5.41, 5.74) is 3.29. The molecule has 22 heavy (non-hydrogen) atoms. The van der Waals surface area contributed by atoms with E-state index < -0.39 is 0 Å². The second-order valence-corrected chi connectivity index (χ2v) is 6.23. The van der Waals surface area contributed by atoms with Gasteiger partial charge in [0.1, 0.15) is 0 Å². The van der Waals surface area contributed by atoms with Crippen molar-refractivity contribution in [3.8, 4) is 0 Å². The lowest BCUT2D eigenvalue weighted by molar-refractivity contribution is -0.185. The molecule has 1 N–H and O–H groups in total. The lowest BCUT2D eigenvalue weighted by atomic mass is 10.0. The summed E-state index contributed by atoms with van der Waals surface area (Å²) >= 11 is 0. The van der Waals surface area contributed by atoms with Crippen LogP contribution in [0, 0.1) is 13.8 Å². The Kier molecular flexibility index (Phi) is 4.47. The molecule has 120 valence electrons. The molecule has 0 unspecified atom stereocenters. The average Bonchev–Trinajstić information content (AvgIpc) is 2.94. The molecular weight excluding hydrogens is 280 g/mol. The predicted molar refractivity (Wildman–Crippen MR) is 84.9 cm³/mol. The van der Waals surface area contributed by atoms with Crippen LogP contribution in [0.2, 0.25) is 0 Å². The van der Waals surface area contributed by atoms with Gasteiger partial charge in [0.2, 0.25) is 5.91 Å². The Labute approximate surface area is 131 Å². The summed E-state index contributed by atoms with van der Waals surface area (Å²) in [5, 5.41) is 2.98. The van der Waals surface area contributed by atoms with Gasteiger partial charge in [0.05, 0.1) is 19.8 Å². The minimum Gasteiger partial charge on any atom is -0.347 e. The molecule has 2 aliphatic rings. The molecule has 2 aliphatic heterocycles. The number of aryl methyl sites for hydroxylation is 2. The van der Waals surface area contributed by atoms with Crippen molar-refractivity contribution in [2.24, 2.45) is 0 Å². The maximum Gasteiger partial charge on any atom is 0.238 e. The summed E-state index contributed by atoms with van der Waals surface area (Å²) in [6, 6.07) is 5.99. The molecule has 3 rings (SSSR count). The third kappa shape index (κ3) is 3.48. The number of amides is 1. The minimum absolute atomic E-state index is 0.0347. The third-order valence-electron chi connectivity index (χ3n) is 4.59. The normalized spacial score (nSPS) is 21.2. The quantitative estimate of drug-likeness (QED) is 0.929. The topological polar surface area (TPSA) is 50.8 Å². The van der Waals surface area contributed by atoms with E-state index in [2.05, 4.69) is 24.1 Å². The summed E-state index contributed by atoms with van der Waals surface area (Å²) in [6.07, 6.45) is 1.67. The van der Waals surface area contributed by atoms with E-state index in [1.807, 2.05) is 18.2 Å². The van der Waals surface area contributed by atoms with Gasteiger partial charge in [-0.25, -0.2) is 0 Å². The fraction of sp³-hybridized carbons (Fsp3) is 0.588. The van der Waals surface area contributed by atoms with E-state index in [4.69, 9.17) is 9.47 Å². The van der Waals surface area contributed by atoms with Crippen LogP contribution < -0.4 is 5.32 Å². The van der Waals surface area contributed by atoms with Crippen molar-refractivity contribution in [2.45, 2.75) is 32.5 Å². The summed E-state index contributed by atoms with van der Waals surface area (Å²) in [5.74, 6) is -0.339. The van der Waals surface area contributed by atoms with Crippen molar-refractivity contribution >= 4 is 11.6 Å². The number of benzene rings is 1. The minimum atomic E-state index is -0.374. The number of carbonyl (C=O) groups is 1. The van der Waals surface area contributed by atoms with E-state index in [9.17, 15) is 4.79 Å². The molecule has 1 amide bonds. The van der Waals surface area contributed by atoms with Crippen LogP contribution in [0.1, 0.15) is 24.0 Å². The first kappa shape index (κ1) is 15.5. The van der Waals surface area contributed by atoms with Gasteiger partial charge in [-0.2, -0.15) is 0 Å². The molecule has 2 fully saturated rings. The highest BCUT2D eigenvalue weighted by atomic mass is 16.7. The number of nitrogens with zero attached hydrogens (tertiary/aromatic N) is 1. The third-order valence-corrected chi connectivity index (χ3v) is 4.59. The number of hydrogen-bond acceptors (Lipinski definition) is 4. The molecule has 2 saturated heterocycles. The van der Waals surface area contributed by atoms with Crippen molar-refractivity contribution < 1.29 is 14.3 Å². The first-order valence-corrected chi connectivity index (χ1v) is 7.94. The monoisotopic (exact) mass is 304 g/mol. The van der Waals surface area contributed by atoms with Crippen LogP contribution in [0.4, 0.5) is 5.69 Å². The smallest absolute Gasteiger partial charge is 0.238 e. The van der Waals surface area contributed by atoms with Gasteiger partial charge in [0.25, 0.3) is 0 Å². The molecule has 0 atom stereocenters. The molecule has 5 heteroatoms. The van der Waals surface area contributed by atoms with Gasteiger partial charge in [-0.15, -0.1) is 0 Å². The van der Waals surface area contributed by atoms with E-state index in [1.165, 1.54) is 11.1 Å². The molecule has 0 aromatic heterocycles. The molecule has 5 nitrogen and oxygen atoms in total. The fourth-order valence-electron chi connectivity index (χ4n) is 3.06. The largest absolute Gasteiger partial charge is 0.347 e. The van der Waals surface area contributed by atoms with Gasteiger partial charge >= 0.3 is 0 Å². The zero-order valence-corrected chi connectivity index (χ0v) is 13.4. The number of hydrogen-bond donors (Lipinski definition) is 1. The van der Waals surface area contributed by atoms with Gasteiger partial charge in [0, 0.05) is 31.6 Å². The first-order valence-electron chi connectivity index (χ1n) is 7.94. The zero-order valence-electron chi connectivity index (χ0n) is 13.4. The summed E-state index contributed by atoms with van der Waals surface area (Å²) in [7, 11) is 0. The standard InChI is InChI=1S/C17H24N2O3/c1-13-3-4-15(11-14(13)2)18-16(20)12-19-7-5-17(6-8-19)21-9-10-22-17/h3-4,11H,5-10,12H2,1-2H3,(H,18,20). The zero-order chi connectivity index (χ0) is 15.6. The number of nitrogens with one attached hydrogen (secondary N) is 1. The van der Waals surface area contributed by atoms with Crippen LogP contribution >= 0.6 is 0 Å². The summed E-state index contributed by atoms with van der Waals surface area (Å²) in [4.78, 5) is 14.3. The van der Waals surface area contributed by atoms with Crippen LogP contribution in [-0.2, 0) is 14.3 Å². The van der Waals surface area contributed by atoms with Crippen molar-refractivity contribution in [2.75, 3.05) is 38.2 Å². The number of likely N-dealkylation sites (tertiary alicyclic amines) is 1. The molecule has 1 spiro atoms. The Hall–Kier alpha value is -1.43. The highest BCUT2D eigenvalue weighted by Crippen LogP contribution is 2.31. The number of piperidine rings is 1. The fourth-order valence-corrected chi connectivity index (χ4v) is 3.06. The van der Waals surface area contributed by atoms with Crippen molar-refractivity contribution in [3.05, 3.63) is 29.3 Å². The highest BCUT2D eigenvalue weighted by Gasteiger charge is 2.39. The second kappa shape index (κ2) is 6.36. The lowest BCUT2D eigenvalue weighted by Crippen LogP contribution is -2.47. The summed E-state index contributed by atoms with van der Waals surface area (Å²) in [6.45, 7) is 7.58. The number of carbonyl (C=O) groups excluding carboxylic acids is 1. The Morgan fingerprint density at radius 3 is 2.50 bits per heavy atom. The average molecular weight is 304 g/mol. The molecule has 2 heterocycles. The Balaban J connectivity index is 1.49. The van der Waals surface area contributed by atoms with Crippen molar-refractivity contribution in [1.29, 1.82) is 0 Å².